The number of hydrogen-bond donors (Lipinski definition) is 2. The van der Waals surface area contributed by atoms with Crippen molar-refractivity contribution in [3.8, 4) is 5.75 Å². The molecule has 1 spiro atoms. The number of aromatic amines is 1. The van der Waals surface area contributed by atoms with E-state index in [0.717, 1.165) is 27.8 Å². The number of carboxylic acid groups (broad SMARTS) is 1. The molecule has 3 heterocycles. The minimum absolute atomic E-state index is 0.00505. The predicted molar refractivity (Wildman–Crippen MR) is 139 cm³/mol. The third-order valence-corrected chi connectivity index (χ3v) is 8.78. The fourth-order valence-electron chi connectivity index (χ4n) is 6.94. The monoisotopic (exact) mass is 545 g/mol. The van der Waals surface area contributed by atoms with Crippen molar-refractivity contribution in [1.29, 1.82) is 0 Å². The average Bonchev–Trinajstić information content (AvgIpc) is 3.34. The van der Waals surface area contributed by atoms with Crippen molar-refractivity contribution in [1.82, 2.24) is 9.88 Å². The van der Waals surface area contributed by atoms with E-state index in [0.29, 0.717) is 37.2 Å². The van der Waals surface area contributed by atoms with E-state index in [1.807, 2.05) is 25.3 Å². The normalized spacial score (nSPS) is 23.4. The summed E-state index contributed by atoms with van der Waals surface area (Å²) in [4.78, 5) is 18.7. The molecule has 1 aromatic heterocycles. The van der Waals surface area contributed by atoms with E-state index >= 15 is 0 Å². The molecule has 6 nitrogen and oxygen atoms in total. The number of piperidine rings is 1. The molecule has 2 N–H and O–H groups in total. The Morgan fingerprint density at radius 2 is 1.87 bits per heavy atom. The number of aromatic nitrogens is 1. The number of nitrogens with one attached hydrogen (secondary N) is 1. The highest BCUT2D eigenvalue weighted by molar-refractivity contribution is 5.90. The first-order valence-electron chi connectivity index (χ1n) is 13.1. The summed E-state index contributed by atoms with van der Waals surface area (Å²) in [5.74, 6) is -5.97. The summed E-state index contributed by atoms with van der Waals surface area (Å²) in [6.45, 7) is 1.99. The first-order valence-corrected chi connectivity index (χ1v) is 13.1. The maximum Gasteiger partial charge on any atom is 0.335 e. The Morgan fingerprint density at radius 3 is 2.51 bits per heavy atom. The van der Waals surface area contributed by atoms with Crippen LogP contribution in [0.1, 0.15) is 58.8 Å². The fraction of sp³-hybridized carbons (Fsp3) is 0.483. The van der Waals surface area contributed by atoms with Crippen LogP contribution in [0.5, 0.6) is 5.75 Å². The SMILES string of the molecule is COc1cc(C)c2[nH]ccc2c1CN1CCC2(C[C@@H]1c1ccc(C(=O)O)cc1N1CC(F)(F)C1)CC(F)(F)C2. The van der Waals surface area contributed by atoms with Gasteiger partial charge in [-0.05, 0) is 67.1 Å². The molecule has 1 atom stereocenters. The number of alkyl halides is 4. The van der Waals surface area contributed by atoms with E-state index in [1.54, 1.807) is 13.2 Å². The minimum Gasteiger partial charge on any atom is -0.496 e. The molecule has 2 aromatic carbocycles. The molecule has 0 radical (unpaired) electrons. The molecule has 3 aliphatic rings. The molecule has 3 aromatic rings. The molecule has 0 bridgehead atoms. The number of carboxylic acids is 1. The number of aromatic carboxylic acids is 1. The Labute approximate surface area is 223 Å². The number of methoxy groups -OCH3 is 1. The van der Waals surface area contributed by atoms with Crippen molar-refractivity contribution >= 4 is 22.6 Å². The van der Waals surface area contributed by atoms with E-state index in [2.05, 4.69) is 9.88 Å². The van der Waals surface area contributed by atoms with Gasteiger partial charge in [-0.25, -0.2) is 22.4 Å². The quantitative estimate of drug-likeness (QED) is 0.352. The number of likely N-dealkylation sites (tertiary alicyclic amines) is 1. The number of H-pyrrole nitrogens is 1. The van der Waals surface area contributed by atoms with Crippen LogP contribution in [0.25, 0.3) is 10.9 Å². The largest absolute Gasteiger partial charge is 0.496 e. The van der Waals surface area contributed by atoms with Gasteiger partial charge in [0.25, 0.3) is 5.92 Å². The number of halogens is 4. The van der Waals surface area contributed by atoms with Crippen LogP contribution in [0.3, 0.4) is 0 Å². The van der Waals surface area contributed by atoms with Crippen molar-refractivity contribution in [2.75, 3.05) is 31.6 Å². The Morgan fingerprint density at radius 1 is 1.13 bits per heavy atom. The minimum atomic E-state index is -2.85. The molecular weight excluding hydrogens is 514 g/mol. The van der Waals surface area contributed by atoms with Crippen LogP contribution in [-0.4, -0.2) is 59.5 Å². The number of rotatable bonds is 6. The molecule has 0 unspecified atom stereocenters. The molecular formula is C29H31F4N3O3. The van der Waals surface area contributed by atoms with Gasteiger partial charge in [0.15, 0.2) is 0 Å². The van der Waals surface area contributed by atoms with Crippen LogP contribution in [0.4, 0.5) is 23.2 Å². The van der Waals surface area contributed by atoms with E-state index in [-0.39, 0.29) is 24.4 Å². The molecule has 0 amide bonds. The van der Waals surface area contributed by atoms with Crippen molar-refractivity contribution in [2.24, 2.45) is 5.41 Å². The molecule has 6 rings (SSSR count). The van der Waals surface area contributed by atoms with Crippen LogP contribution in [0, 0.1) is 12.3 Å². The zero-order valence-corrected chi connectivity index (χ0v) is 21.9. The van der Waals surface area contributed by atoms with Gasteiger partial charge in [0, 0.05) is 53.8 Å². The van der Waals surface area contributed by atoms with Gasteiger partial charge in [0.2, 0.25) is 5.92 Å². The molecule has 1 saturated carbocycles. The summed E-state index contributed by atoms with van der Waals surface area (Å²) < 4.78 is 61.8. The summed E-state index contributed by atoms with van der Waals surface area (Å²) in [5, 5.41) is 10.6. The van der Waals surface area contributed by atoms with Gasteiger partial charge in [-0.15, -0.1) is 0 Å². The number of fused-ring (bicyclic) bond motifs is 1. The van der Waals surface area contributed by atoms with Gasteiger partial charge in [-0.3, -0.25) is 4.90 Å². The second-order valence-electron chi connectivity index (χ2n) is 11.6. The van der Waals surface area contributed by atoms with E-state index in [9.17, 15) is 27.5 Å². The van der Waals surface area contributed by atoms with Crippen molar-refractivity contribution < 1.29 is 32.2 Å². The maximum atomic E-state index is 14.1. The van der Waals surface area contributed by atoms with Gasteiger partial charge >= 0.3 is 5.97 Å². The van der Waals surface area contributed by atoms with Crippen LogP contribution in [0.15, 0.2) is 36.5 Å². The van der Waals surface area contributed by atoms with Crippen LogP contribution in [-0.2, 0) is 6.54 Å². The highest BCUT2D eigenvalue weighted by Crippen LogP contribution is 2.61. The van der Waals surface area contributed by atoms with Crippen LogP contribution < -0.4 is 9.64 Å². The zero-order valence-electron chi connectivity index (χ0n) is 21.9. The van der Waals surface area contributed by atoms with Gasteiger partial charge in [-0.1, -0.05) is 6.07 Å². The fourth-order valence-corrected chi connectivity index (χ4v) is 6.94. The van der Waals surface area contributed by atoms with Gasteiger partial charge < -0.3 is 19.7 Å². The summed E-state index contributed by atoms with van der Waals surface area (Å²) in [6.07, 6.45) is 2.53. The average molecular weight is 546 g/mol. The number of hydrogen-bond acceptors (Lipinski definition) is 4. The molecule has 2 aliphatic heterocycles. The smallest absolute Gasteiger partial charge is 0.335 e. The summed E-state index contributed by atoms with van der Waals surface area (Å²) >= 11 is 0. The lowest BCUT2D eigenvalue weighted by Crippen LogP contribution is -2.57. The highest BCUT2D eigenvalue weighted by Gasteiger charge is 2.58. The third-order valence-electron chi connectivity index (χ3n) is 8.78. The first kappa shape index (κ1) is 26.0. The summed E-state index contributed by atoms with van der Waals surface area (Å²) in [5.41, 5.74) is 3.58. The Bertz CT molecular complexity index is 1440. The van der Waals surface area contributed by atoms with Crippen LogP contribution in [0.2, 0.25) is 0 Å². The Balaban J connectivity index is 1.42. The van der Waals surface area contributed by atoms with Gasteiger partial charge in [-0.2, -0.15) is 0 Å². The van der Waals surface area contributed by atoms with E-state index in [4.69, 9.17) is 4.74 Å². The number of ether oxygens (including phenoxy) is 1. The van der Waals surface area contributed by atoms with Gasteiger partial charge in [0.05, 0.1) is 25.8 Å². The molecule has 39 heavy (non-hydrogen) atoms. The van der Waals surface area contributed by atoms with E-state index < -0.39 is 36.3 Å². The second kappa shape index (κ2) is 8.87. The summed E-state index contributed by atoms with van der Waals surface area (Å²) in [6, 6.07) is 8.20. The number of aryl methyl sites for hydroxylation is 1. The maximum absolute atomic E-state index is 14.1. The van der Waals surface area contributed by atoms with Crippen molar-refractivity contribution in [3.63, 3.8) is 0 Å². The molecule has 208 valence electrons. The van der Waals surface area contributed by atoms with Crippen molar-refractivity contribution in [2.45, 2.75) is 57.0 Å². The topological polar surface area (TPSA) is 68.8 Å². The predicted octanol–water partition coefficient (Wildman–Crippen LogP) is 6.39. The Hall–Kier alpha value is -3.27. The molecule has 1 aliphatic carbocycles. The molecule has 3 fully saturated rings. The lowest BCUT2D eigenvalue weighted by atomic mass is 9.58. The second-order valence-corrected chi connectivity index (χ2v) is 11.6. The van der Waals surface area contributed by atoms with E-state index in [1.165, 1.54) is 17.0 Å². The number of carbonyl (C=O) groups is 1. The number of anilines is 1. The molecule has 2 saturated heterocycles. The third kappa shape index (κ3) is 4.52. The number of benzene rings is 2. The zero-order chi connectivity index (χ0) is 27.7. The lowest BCUT2D eigenvalue weighted by molar-refractivity contribution is -0.186. The number of nitrogens with zero attached hydrogens (tertiary/aromatic N) is 2. The molecule has 10 heteroatoms. The van der Waals surface area contributed by atoms with Crippen molar-refractivity contribution in [3.05, 3.63) is 58.8 Å². The Kier molecular flexibility index (Phi) is 5.91. The van der Waals surface area contributed by atoms with Crippen LogP contribution >= 0.6 is 0 Å². The first-order chi connectivity index (χ1) is 18.4. The van der Waals surface area contributed by atoms with Gasteiger partial charge in [0.1, 0.15) is 5.75 Å². The highest BCUT2D eigenvalue weighted by atomic mass is 19.3. The summed E-state index contributed by atoms with van der Waals surface area (Å²) in [7, 11) is 1.61. The standard InChI is InChI=1S/C29H31F4N3O3/c1-17-9-24(39-2)21(19-5-7-34-25(17)19)12-35-8-6-27(13-28(30,31)14-27)11-23(35)20-4-3-18(26(37)38)10-22(20)36-15-29(32,33)16-36/h3-5,7,9-10,23,34H,6,8,11-16H2,1-2H3,(H,37,38)/t23-/m1/s1. The lowest BCUT2D eigenvalue weighted by Gasteiger charge is -2.55.